The number of benzene rings is 1. The van der Waals surface area contributed by atoms with Gasteiger partial charge in [0.15, 0.2) is 21.6 Å². The molecule has 0 amide bonds. The normalized spacial score (nSPS) is 11.2. The number of halogens is 2. The number of aromatic nitrogens is 3. The zero-order valence-corrected chi connectivity index (χ0v) is 12.6. The van der Waals surface area contributed by atoms with Gasteiger partial charge in [-0.05, 0) is 24.5 Å². The second kappa shape index (κ2) is 5.63. The van der Waals surface area contributed by atoms with E-state index in [-0.39, 0.29) is 0 Å². The molecular weight excluding hydrogens is 320 g/mol. The van der Waals surface area contributed by atoms with Gasteiger partial charge in [0.25, 0.3) is 0 Å². The van der Waals surface area contributed by atoms with E-state index in [9.17, 15) is 8.78 Å². The summed E-state index contributed by atoms with van der Waals surface area (Å²) in [5.74, 6) is -1.72. The van der Waals surface area contributed by atoms with E-state index in [0.29, 0.717) is 15.6 Å². The Labute approximate surface area is 125 Å². The molecule has 0 radical (unpaired) electrons. The van der Waals surface area contributed by atoms with Gasteiger partial charge in [0.1, 0.15) is 16.1 Å². The highest BCUT2D eigenvalue weighted by molar-refractivity contribution is 8.01. The number of nitrogens with zero attached hydrogens (tertiary/aromatic N) is 3. The predicted molar refractivity (Wildman–Crippen MR) is 77.5 cm³/mol. The summed E-state index contributed by atoms with van der Waals surface area (Å²) in [5, 5.41) is 0.693. The lowest BCUT2D eigenvalue weighted by molar-refractivity contribution is 0.506. The van der Waals surface area contributed by atoms with E-state index in [0.717, 1.165) is 21.2 Å². The summed E-state index contributed by atoms with van der Waals surface area (Å²) in [7, 11) is 0. The average molecular weight is 327 g/mol. The van der Waals surface area contributed by atoms with Crippen LogP contribution in [0.3, 0.4) is 0 Å². The van der Waals surface area contributed by atoms with Crippen LogP contribution >= 0.6 is 34.9 Å². The van der Waals surface area contributed by atoms with E-state index in [1.807, 2.05) is 6.26 Å². The third-order valence-electron chi connectivity index (χ3n) is 2.42. The summed E-state index contributed by atoms with van der Waals surface area (Å²) >= 11 is 4.29. The van der Waals surface area contributed by atoms with Gasteiger partial charge in [-0.25, -0.2) is 23.7 Å². The standard InChI is InChI=1S/C12H7F2N3S3/c1-18-12-17-10-9(20-12)11(16-5-15-10)19-6-2-3-7(13)8(14)4-6/h2-5H,1H3. The Hall–Kier alpha value is -1.25. The lowest BCUT2D eigenvalue weighted by Crippen LogP contribution is -1.86. The second-order valence-electron chi connectivity index (χ2n) is 3.69. The molecule has 0 N–H and O–H groups in total. The van der Waals surface area contributed by atoms with E-state index < -0.39 is 11.6 Å². The molecule has 1 aromatic carbocycles. The molecule has 102 valence electrons. The highest BCUT2D eigenvalue weighted by Crippen LogP contribution is 2.36. The second-order valence-corrected chi connectivity index (χ2v) is 6.81. The van der Waals surface area contributed by atoms with E-state index in [1.54, 1.807) is 0 Å². The molecular formula is C12H7F2N3S3. The molecule has 0 saturated heterocycles. The smallest absolute Gasteiger partial charge is 0.175 e. The van der Waals surface area contributed by atoms with Crippen molar-refractivity contribution in [1.82, 2.24) is 15.0 Å². The van der Waals surface area contributed by atoms with Crippen LogP contribution in [-0.2, 0) is 0 Å². The first-order valence-electron chi connectivity index (χ1n) is 5.46. The topological polar surface area (TPSA) is 38.7 Å². The average Bonchev–Trinajstić information content (AvgIpc) is 2.87. The molecule has 2 heterocycles. The molecule has 20 heavy (non-hydrogen) atoms. The van der Waals surface area contributed by atoms with Crippen molar-refractivity contribution in [3.8, 4) is 0 Å². The molecule has 3 aromatic rings. The van der Waals surface area contributed by atoms with Gasteiger partial charge in [0.2, 0.25) is 0 Å². The summed E-state index contributed by atoms with van der Waals surface area (Å²) in [6, 6.07) is 3.79. The van der Waals surface area contributed by atoms with Gasteiger partial charge in [-0.3, -0.25) is 0 Å². The molecule has 0 fully saturated rings. The summed E-state index contributed by atoms with van der Waals surface area (Å²) in [6.45, 7) is 0. The SMILES string of the molecule is CSc1nc2ncnc(Sc3ccc(F)c(F)c3)c2s1. The maximum absolute atomic E-state index is 13.2. The van der Waals surface area contributed by atoms with Crippen LogP contribution in [0.1, 0.15) is 0 Å². The Morgan fingerprint density at radius 2 is 2.00 bits per heavy atom. The van der Waals surface area contributed by atoms with Crippen LogP contribution < -0.4 is 0 Å². The Balaban J connectivity index is 2.01. The van der Waals surface area contributed by atoms with Crippen LogP contribution in [0.5, 0.6) is 0 Å². The zero-order chi connectivity index (χ0) is 14.1. The van der Waals surface area contributed by atoms with E-state index >= 15 is 0 Å². The summed E-state index contributed by atoms with van der Waals surface area (Å²) in [6.07, 6.45) is 3.36. The number of thiazole rings is 1. The van der Waals surface area contributed by atoms with Crippen molar-refractivity contribution in [3.05, 3.63) is 36.2 Å². The number of hydrogen-bond acceptors (Lipinski definition) is 6. The number of hydrogen-bond donors (Lipinski definition) is 0. The highest BCUT2D eigenvalue weighted by Gasteiger charge is 2.12. The highest BCUT2D eigenvalue weighted by atomic mass is 32.2. The first kappa shape index (κ1) is 13.7. The molecule has 0 aliphatic rings. The van der Waals surface area contributed by atoms with Crippen molar-refractivity contribution in [2.24, 2.45) is 0 Å². The van der Waals surface area contributed by atoms with Crippen molar-refractivity contribution < 1.29 is 8.78 Å². The fraction of sp³-hybridized carbons (Fsp3) is 0.0833. The molecule has 0 bridgehead atoms. The van der Waals surface area contributed by atoms with Crippen LogP contribution in [0.2, 0.25) is 0 Å². The van der Waals surface area contributed by atoms with Crippen molar-refractivity contribution in [1.29, 1.82) is 0 Å². The molecule has 8 heteroatoms. The minimum absolute atomic E-state index is 0.586. The van der Waals surface area contributed by atoms with Crippen LogP contribution in [0, 0.1) is 11.6 Å². The van der Waals surface area contributed by atoms with Crippen molar-refractivity contribution in [3.63, 3.8) is 0 Å². The van der Waals surface area contributed by atoms with Gasteiger partial charge in [0, 0.05) is 4.90 Å². The first-order chi connectivity index (χ1) is 9.67. The minimum atomic E-state index is -0.866. The quantitative estimate of drug-likeness (QED) is 0.531. The Morgan fingerprint density at radius 1 is 1.15 bits per heavy atom. The van der Waals surface area contributed by atoms with E-state index in [1.165, 1.54) is 47.3 Å². The maximum atomic E-state index is 13.2. The lowest BCUT2D eigenvalue weighted by Gasteiger charge is -2.01. The Kier molecular flexibility index (Phi) is 3.86. The molecule has 0 aliphatic heterocycles. The predicted octanol–water partition coefficient (Wildman–Crippen LogP) is 4.24. The molecule has 0 atom stereocenters. The van der Waals surface area contributed by atoms with Crippen molar-refractivity contribution in [2.45, 2.75) is 14.3 Å². The zero-order valence-electron chi connectivity index (χ0n) is 10.1. The van der Waals surface area contributed by atoms with E-state index in [2.05, 4.69) is 15.0 Å². The van der Waals surface area contributed by atoms with Crippen molar-refractivity contribution in [2.75, 3.05) is 6.26 Å². The number of rotatable bonds is 3. The van der Waals surface area contributed by atoms with Crippen molar-refractivity contribution >= 4 is 45.2 Å². The van der Waals surface area contributed by atoms with Gasteiger partial charge in [-0.15, -0.1) is 11.3 Å². The van der Waals surface area contributed by atoms with Gasteiger partial charge >= 0.3 is 0 Å². The van der Waals surface area contributed by atoms with Gasteiger partial charge in [0.05, 0.1) is 0 Å². The van der Waals surface area contributed by atoms with Gasteiger partial charge in [-0.1, -0.05) is 23.5 Å². The summed E-state index contributed by atoms with van der Waals surface area (Å²) < 4.78 is 27.9. The van der Waals surface area contributed by atoms with E-state index in [4.69, 9.17) is 0 Å². The number of fused-ring (bicyclic) bond motifs is 1. The van der Waals surface area contributed by atoms with Crippen LogP contribution in [0.15, 0.2) is 38.8 Å². The summed E-state index contributed by atoms with van der Waals surface area (Å²) in [5.41, 5.74) is 0.624. The van der Waals surface area contributed by atoms with Gasteiger partial charge in [-0.2, -0.15) is 0 Å². The Bertz CT molecular complexity index is 776. The van der Waals surface area contributed by atoms with Crippen LogP contribution in [-0.4, -0.2) is 21.2 Å². The number of thioether (sulfide) groups is 1. The molecule has 0 spiro atoms. The maximum Gasteiger partial charge on any atom is 0.175 e. The van der Waals surface area contributed by atoms with Crippen LogP contribution in [0.25, 0.3) is 10.3 Å². The fourth-order valence-electron chi connectivity index (χ4n) is 1.53. The lowest BCUT2D eigenvalue weighted by atomic mass is 10.3. The molecule has 2 aromatic heterocycles. The Morgan fingerprint density at radius 3 is 2.75 bits per heavy atom. The van der Waals surface area contributed by atoms with Crippen LogP contribution in [0.4, 0.5) is 8.78 Å². The third-order valence-corrected chi connectivity index (χ3v) is 5.58. The molecule has 0 unspecified atom stereocenters. The molecule has 0 saturated carbocycles. The largest absolute Gasteiger partial charge is 0.228 e. The first-order valence-corrected chi connectivity index (χ1v) is 8.31. The monoisotopic (exact) mass is 327 g/mol. The third kappa shape index (κ3) is 2.63. The van der Waals surface area contributed by atoms with Gasteiger partial charge < -0.3 is 0 Å². The molecule has 0 aliphatic carbocycles. The minimum Gasteiger partial charge on any atom is -0.228 e. The fourth-order valence-corrected chi connectivity index (χ4v) is 3.98. The molecule has 3 nitrogen and oxygen atoms in total. The summed E-state index contributed by atoms with van der Waals surface area (Å²) in [4.78, 5) is 13.2. The molecule has 3 rings (SSSR count).